The number of carbonyl (C=O) groups is 1. The fourth-order valence-corrected chi connectivity index (χ4v) is 5.20. The van der Waals surface area contributed by atoms with Crippen LogP contribution in [-0.4, -0.2) is 34.1 Å². The van der Waals surface area contributed by atoms with Crippen molar-refractivity contribution in [2.24, 2.45) is 0 Å². The topological polar surface area (TPSA) is 73.6 Å². The molecule has 1 saturated heterocycles. The molecule has 1 aliphatic rings. The van der Waals surface area contributed by atoms with E-state index in [2.05, 4.69) is 42.4 Å². The van der Waals surface area contributed by atoms with E-state index in [-0.39, 0.29) is 17.9 Å². The summed E-state index contributed by atoms with van der Waals surface area (Å²) in [7, 11) is 0. The third-order valence-corrected chi connectivity index (χ3v) is 7.06. The maximum Gasteiger partial charge on any atom is 0.330 e. The molecule has 0 aliphatic carbocycles. The highest BCUT2D eigenvalue weighted by atomic mass is 16.5. The van der Waals surface area contributed by atoms with Gasteiger partial charge >= 0.3 is 5.97 Å². The third-order valence-electron chi connectivity index (χ3n) is 7.06. The van der Waals surface area contributed by atoms with E-state index >= 15 is 0 Å². The average Bonchev–Trinajstić information content (AvgIpc) is 3.39. The Bertz CT molecular complexity index is 1510. The molecular weight excluding hydrogens is 488 g/mol. The predicted molar refractivity (Wildman–Crippen MR) is 155 cm³/mol. The van der Waals surface area contributed by atoms with Crippen LogP contribution in [-0.2, 0) is 14.3 Å². The van der Waals surface area contributed by atoms with E-state index in [9.17, 15) is 9.90 Å². The van der Waals surface area contributed by atoms with Gasteiger partial charge in [-0.1, -0.05) is 49.4 Å². The molecule has 1 aromatic heterocycles. The Kier molecular flexibility index (Phi) is 8.23. The summed E-state index contributed by atoms with van der Waals surface area (Å²) in [6.45, 7) is 5.04. The van der Waals surface area contributed by atoms with Gasteiger partial charge in [0.05, 0.1) is 18.3 Å². The molecule has 2 heterocycles. The number of hydrogen-bond donors (Lipinski definition) is 1. The fourth-order valence-electron chi connectivity index (χ4n) is 5.20. The van der Waals surface area contributed by atoms with Crippen molar-refractivity contribution in [3.05, 3.63) is 101 Å². The van der Waals surface area contributed by atoms with Crippen molar-refractivity contribution in [2.45, 2.75) is 45.8 Å². The Labute approximate surface area is 229 Å². The number of rotatable bonds is 8. The van der Waals surface area contributed by atoms with Gasteiger partial charge in [0.2, 0.25) is 0 Å². The molecule has 0 amide bonds. The van der Waals surface area contributed by atoms with Gasteiger partial charge in [-0.3, -0.25) is 0 Å². The number of allylic oxidation sites excluding steroid dienone is 1. The number of phenolic OH excluding ortho intramolecular Hbond substituents is 1. The normalized spacial score (nSPS) is 16.4. The lowest BCUT2D eigenvalue weighted by Gasteiger charge is -2.23. The first-order valence-corrected chi connectivity index (χ1v) is 13.6. The molecule has 4 aromatic rings. The standard InChI is InChI=1S/C33H34N2O4/c1-3-29(25-8-7-9-28(36)21-25)33(24-14-11-23(12-15-24)13-18-32(37)38-4-2)26-16-17-30-27(20-26)22-34-35(30)31-10-5-6-19-39-31/h7-9,11-18,20-22,31,36H,3-6,10,19H2,1-2H3. The number of benzene rings is 3. The van der Waals surface area contributed by atoms with Crippen LogP contribution in [0.2, 0.25) is 0 Å². The lowest BCUT2D eigenvalue weighted by atomic mass is 9.87. The highest BCUT2D eigenvalue weighted by Crippen LogP contribution is 2.37. The zero-order valence-corrected chi connectivity index (χ0v) is 22.5. The van der Waals surface area contributed by atoms with Gasteiger partial charge in [0.15, 0.2) is 6.23 Å². The Morgan fingerprint density at radius 1 is 1.05 bits per heavy atom. The third kappa shape index (κ3) is 5.96. The van der Waals surface area contributed by atoms with Crippen molar-refractivity contribution in [1.82, 2.24) is 9.78 Å². The van der Waals surface area contributed by atoms with E-state index < -0.39 is 0 Å². The molecule has 39 heavy (non-hydrogen) atoms. The monoisotopic (exact) mass is 522 g/mol. The number of nitrogens with zero attached hydrogens (tertiary/aromatic N) is 2. The van der Waals surface area contributed by atoms with Gasteiger partial charge in [0.1, 0.15) is 5.75 Å². The molecule has 6 nitrogen and oxygen atoms in total. The summed E-state index contributed by atoms with van der Waals surface area (Å²) < 4.78 is 13.0. The van der Waals surface area contributed by atoms with Crippen molar-refractivity contribution in [2.75, 3.05) is 13.2 Å². The first kappa shape index (κ1) is 26.4. The van der Waals surface area contributed by atoms with Crippen LogP contribution in [0.5, 0.6) is 5.75 Å². The highest BCUT2D eigenvalue weighted by Gasteiger charge is 2.20. The maximum atomic E-state index is 11.7. The first-order valence-electron chi connectivity index (χ1n) is 13.6. The lowest BCUT2D eigenvalue weighted by Crippen LogP contribution is -2.18. The molecule has 0 bridgehead atoms. The maximum absolute atomic E-state index is 11.7. The van der Waals surface area contributed by atoms with Crippen LogP contribution >= 0.6 is 0 Å². The summed E-state index contributed by atoms with van der Waals surface area (Å²) >= 11 is 0. The zero-order valence-electron chi connectivity index (χ0n) is 22.5. The number of phenols is 1. The lowest BCUT2D eigenvalue weighted by molar-refractivity contribution is -0.137. The minimum absolute atomic E-state index is 0.0224. The van der Waals surface area contributed by atoms with E-state index in [0.717, 1.165) is 76.6 Å². The molecule has 1 fully saturated rings. The molecule has 1 unspecified atom stereocenters. The summed E-state index contributed by atoms with van der Waals surface area (Å²) in [6.07, 6.45) is 9.08. The molecule has 0 saturated carbocycles. The van der Waals surface area contributed by atoms with E-state index in [1.165, 1.54) is 6.08 Å². The molecule has 6 heteroatoms. The van der Waals surface area contributed by atoms with E-state index in [1.54, 1.807) is 19.1 Å². The molecular formula is C33H34N2O4. The predicted octanol–water partition coefficient (Wildman–Crippen LogP) is 7.39. The molecule has 5 rings (SSSR count). The summed E-state index contributed by atoms with van der Waals surface area (Å²) in [6, 6.07) is 22.0. The van der Waals surface area contributed by atoms with E-state index in [4.69, 9.17) is 9.47 Å². The second-order valence-corrected chi connectivity index (χ2v) is 9.65. The second-order valence-electron chi connectivity index (χ2n) is 9.65. The van der Waals surface area contributed by atoms with E-state index in [1.807, 2.05) is 41.2 Å². The molecule has 0 radical (unpaired) electrons. The number of aromatic nitrogens is 2. The minimum atomic E-state index is -0.355. The average molecular weight is 523 g/mol. The van der Waals surface area contributed by atoms with Crippen LogP contribution in [0, 0.1) is 0 Å². The number of hydrogen-bond acceptors (Lipinski definition) is 5. The minimum Gasteiger partial charge on any atom is -0.508 e. The van der Waals surface area contributed by atoms with Crippen molar-refractivity contribution in [3.63, 3.8) is 0 Å². The van der Waals surface area contributed by atoms with Gasteiger partial charge < -0.3 is 14.6 Å². The van der Waals surface area contributed by atoms with Gasteiger partial charge in [-0.25, -0.2) is 9.48 Å². The van der Waals surface area contributed by atoms with Gasteiger partial charge in [0, 0.05) is 18.1 Å². The summed E-state index contributed by atoms with van der Waals surface area (Å²) in [5.74, 6) is -0.117. The van der Waals surface area contributed by atoms with Crippen LogP contribution < -0.4 is 0 Å². The van der Waals surface area contributed by atoms with Crippen LogP contribution in [0.3, 0.4) is 0 Å². The SMILES string of the molecule is CCOC(=O)C=Cc1ccc(C(=C(CC)c2cccc(O)c2)c2ccc3c(cnn3C3CCCCO3)c2)cc1. The van der Waals surface area contributed by atoms with Gasteiger partial charge in [-0.2, -0.15) is 5.10 Å². The Morgan fingerprint density at radius 2 is 1.87 bits per heavy atom. The highest BCUT2D eigenvalue weighted by molar-refractivity contribution is 6.00. The number of fused-ring (bicyclic) bond motifs is 1. The summed E-state index contributed by atoms with van der Waals surface area (Å²) in [5, 5.41) is 16.0. The van der Waals surface area contributed by atoms with Crippen molar-refractivity contribution >= 4 is 34.1 Å². The summed E-state index contributed by atoms with van der Waals surface area (Å²) in [4.78, 5) is 11.7. The Morgan fingerprint density at radius 3 is 2.59 bits per heavy atom. The number of esters is 1. The Hall–Kier alpha value is -4.16. The van der Waals surface area contributed by atoms with Gasteiger partial charge in [0.25, 0.3) is 0 Å². The van der Waals surface area contributed by atoms with Crippen LogP contribution in [0.25, 0.3) is 28.1 Å². The molecule has 1 N–H and O–H groups in total. The van der Waals surface area contributed by atoms with Crippen LogP contribution in [0.4, 0.5) is 0 Å². The smallest absolute Gasteiger partial charge is 0.330 e. The molecule has 200 valence electrons. The number of carbonyl (C=O) groups excluding carboxylic acids is 1. The van der Waals surface area contributed by atoms with Gasteiger partial charge in [-0.15, -0.1) is 0 Å². The van der Waals surface area contributed by atoms with E-state index in [0.29, 0.717) is 6.61 Å². The van der Waals surface area contributed by atoms with Crippen molar-refractivity contribution in [1.29, 1.82) is 0 Å². The molecule has 1 atom stereocenters. The molecule has 0 spiro atoms. The quantitative estimate of drug-likeness (QED) is 0.148. The fraction of sp³-hybridized carbons (Fsp3) is 0.273. The van der Waals surface area contributed by atoms with Crippen molar-refractivity contribution in [3.8, 4) is 5.75 Å². The zero-order chi connectivity index (χ0) is 27.2. The number of ether oxygens (including phenoxy) is 2. The molecule has 3 aromatic carbocycles. The second kappa shape index (κ2) is 12.1. The first-order chi connectivity index (χ1) is 19.1. The van der Waals surface area contributed by atoms with Crippen LogP contribution in [0.1, 0.15) is 68.0 Å². The van der Waals surface area contributed by atoms with Crippen molar-refractivity contribution < 1.29 is 19.4 Å². The van der Waals surface area contributed by atoms with Crippen LogP contribution in [0.15, 0.2) is 79.0 Å². The largest absolute Gasteiger partial charge is 0.508 e. The summed E-state index contributed by atoms with van der Waals surface area (Å²) in [5.41, 5.74) is 7.28. The van der Waals surface area contributed by atoms with Gasteiger partial charge in [-0.05, 0) is 96.3 Å². The molecule has 1 aliphatic heterocycles. The Balaban J connectivity index is 1.59. The number of aromatic hydroxyl groups is 1.